The Morgan fingerprint density at radius 2 is 1.55 bits per heavy atom. The normalized spacial score (nSPS) is 11.3. The molecule has 0 spiro atoms. The molecule has 0 amide bonds. The SMILES string of the molecule is Cc1ccc(S(=O)(=O)Nc2cc(F)c(O)c(F)c2)cc1. The molecule has 0 heterocycles. The maximum Gasteiger partial charge on any atom is 0.261 e. The quantitative estimate of drug-likeness (QED) is 0.856. The fraction of sp³-hybridized carbons (Fsp3) is 0.0769. The van der Waals surface area contributed by atoms with Gasteiger partial charge in [0, 0.05) is 12.1 Å². The summed E-state index contributed by atoms with van der Waals surface area (Å²) in [5.41, 5.74) is 0.573. The van der Waals surface area contributed by atoms with Crippen molar-refractivity contribution in [3.05, 3.63) is 53.6 Å². The molecular weight excluding hydrogens is 288 g/mol. The van der Waals surface area contributed by atoms with Crippen LogP contribution in [0, 0.1) is 18.6 Å². The number of anilines is 1. The molecule has 106 valence electrons. The Hall–Kier alpha value is -2.15. The van der Waals surface area contributed by atoms with E-state index in [1.807, 2.05) is 4.72 Å². The average molecular weight is 299 g/mol. The van der Waals surface area contributed by atoms with Crippen LogP contribution in [0.3, 0.4) is 0 Å². The van der Waals surface area contributed by atoms with Gasteiger partial charge in [-0.15, -0.1) is 0 Å². The second kappa shape index (κ2) is 5.09. The zero-order valence-electron chi connectivity index (χ0n) is 10.4. The highest BCUT2D eigenvalue weighted by atomic mass is 32.2. The first-order valence-electron chi connectivity index (χ1n) is 5.57. The monoisotopic (exact) mass is 299 g/mol. The number of aromatic hydroxyl groups is 1. The number of aryl methyl sites for hydroxylation is 1. The zero-order valence-corrected chi connectivity index (χ0v) is 11.2. The van der Waals surface area contributed by atoms with Crippen LogP contribution in [0.15, 0.2) is 41.3 Å². The van der Waals surface area contributed by atoms with Crippen molar-refractivity contribution in [1.82, 2.24) is 0 Å². The van der Waals surface area contributed by atoms with Crippen LogP contribution in [0.1, 0.15) is 5.56 Å². The molecule has 0 atom stereocenters. The third-order valence-corrected chi connectivity index (χ3v) is 4.00. The Morgan fingerprint density at radius 3 is 2.05 bits per heavy atom. The van der Waals surface area contributed by atoms with E-state index in [0.29, 0.717) is 12.1 Å². The van der Waals surface area contributed by atoms with E-state index in [4.69, 9.17) is 5.11 Å². The molecule has 2 rings (SSSR count). The minimum Gasteiger partial charge on any atom is -0.503 e. The van der Waals surface area contributed by atoms with Gasteiger partial charge in [-0.25, -0.2) is 17.2 Å². The number of hydrogen-bond donors (Lipinski definition) is 2. The number of benzene rings is 2. The third kappa shape index (κ3) is 2.88. The van der Waals surface area contributed by atoms with Crippen molar-refractivity contribution in [2.45, 2.75) is 11.8 Å². The van der Waals surface area contributed by atoms with E-state index in [9.17, 15) is 17.2 Å². The highest BCUT2D eigenvalue weighted by molar-refractivity contribution is 7.92. The predicted octanol–water partition coefficient (Wildman–Crippen LogP) is 2.78. The van der Waals surface area contributed by atoms with Crippen molar-refractivity contribution in [1.29, 1.82) is 0 Å². The Labute approximate surface area is 114 Å². The molecule has 4 nitrogen and oxygen atoms in total. The molecule has 20 heavy (non-hydrogen) atoms. The van der Waals surface area contributed by atoms with E-state index in [1.54, 1.807) is 19.1 Å². The van der Waals surface area contributed by atoms with Gasteiger partial charge in [0.15, 0.2) is 17.4 Å². The van der Waals surface area contributed by atoms with E-state index in [1.165, 1.54) is 12.1 Å². The number of phenols is 1. The maximum atomic E-state index is 13.1. The van der Waals surface area contributed by atoms with Crippen molar-refractivity contribution in [3.8, 4) is 5.75 Å². The van der Waals surface area contributed by atoms with Gasteiger partial charge in [-0.2, -0.15) is 0 Å². The van der Waals surface area contributed by atoms with Crippen LogP contribution in [-0.2, 0) is 10.0 Å². The lowest BCUT2D eigenvalue weighted by atomic mass is 10.2. The molecule has 0 radical (unpaired) electrons. The van der Waals surface area contributed by atoms with Gasteiger partial charge < -0.3 is 5.11 Å². The van der Waals surface area contributed by atoms with Crippen LogP contribution in [0.4, 0.5) is 14.5 Å². The van der Waals surface area contributed by atoms with Crippen molar-refractivity contribution in [2.24, 2.45) is 0 Å². The van der Waals surface area contributed by atoms with Gasteiger partial charge in [-0.1, -0.05) is 17.7 Å². The molecule has 7 heteroatoms. The van der Waals surface area contributed by atoms with Crippen molar-refractivity contribution >= 4 is 15.7 Å². The van der Waals surface area contributed by atoms with Gasteiger partial charge in [0.25, 0.3) is 10.0 Å². The first-order valence-corrected chi connectivity index (χ1v) is 7.05. The number of halogens is 2. The molecule has 0 aliphatic heterocycles. The van der Waals surface area contributed by atoms with Gasteiger partial charge in [0.2, 0.25) is 0 Å². The van der Waals surface area contributed by atoms with Crippen LogP contribution in [0.2, 0.25) is 0 Å². The highest BCUT2D eigenvalue weighted by Gasteiger charge is 2.16. The smallest absolute Gasteiger partial charge is 0.261 e. The van der Waals surface area contributed by atoms with E-state index < -0.39 is 27.4 Å². The molecule has 2 aromatic carbocycles. The first kappa shape index (κ1) is 14.3. The summed E-state index contributed by atoms with van der Waals surface area (Å²) in [6.07, 6.45) is 0. The largest absolute Gasteiger partial charge is 0.503 e. The summed E-state index contributed by atoms with van der Waals surface area (Å²) in [7, 11) is -3.94. The standard InChI is InChI=1S/C13H11F2NO3S/c1-8-2-4-10(5-3-8)20(18,19)16-9-6-11(14)13(17)12(15)7-9/h2-7,16-17H,1H3. The summed E-state index contributed by atoms with van der Waals surface area (Å²) in [5, 5.41) is 8.95. The molecule has 0 fully saturated rings. The van der Waals surface area contributed by atoms with Crippen LogP contribution in [-0.4, -0.2) is 13.5 Å². The van der Waals surface area contributed by atoms with Crippen molar-refractivity contribution in [2.75, 3.05) is 4.72 Å². The van der Waals surface area contributed by atoms with Gasteiger partial charge >= 0.3 is 0 Å². The maximum absolute atomic E-state index is 13.1. The van der Waals surface area contributed by atoms with Crippen LogP contribution >= 0.6 is 0 Å². The van der Waals surface area contributed by atoms with Crippen LogP contribution in [0.25, 0.3) is 0 Å². The lowest BCUT2D eigenvalue weighted by Crippen LogP contribution is -2.13. The van der Waals surface area contributed by atoms with Crippen molar-refractivity contribution < 1.29 is 22.3 Å². The Kier molecular flexibility index (Phi) is 3.63. The van der Waals surface area contributed by atoms with Gasteiger partial charge in [-0.3, -0.25) is 4.72 Å². The zero-order chi connectivity index (χ0) is 14.9. The second-order valence-corrected chi connectivity index (χ2v) is 5.89. The van der Waals surface area contributed by atoms with Gasteiger partial charge in [0.1, 0.15) is 0 Å². The lowest BCUT2D eigenvalue weighted by Gasteiger charge is -2.09. The summed E-state index contributed by atoms with van der Waals surface area (Å²) >= 11 is 0. The fourth-order valence-corrected chi connectivity index (χ4v) is 2.60. The van der Waals surface area contributed by atoms with Crippen LogP contribution < -0.4 is 4.72 Å². The minimum atomic E-state index is -3.94. The molecule has 0 bridgehead atoms. The average Bonchev–Trinajstić information content (AvgIpc) is 2.36. The van der Waals surface area contributed by atoms with Gasteiger partial charge in [-0.05, 0) is 19.1 Å². The third-order valence-electron chi connectivity index (χ3n) is 2.60. The number of hydrogen-bond acceptors (Lipinski definition) is 3. The van der Waals surface area contributed by atoms with Crippen molar-refractivity contribution in [3.63, 3.8) is 0 Å². The van der Waals surface area contributed by atoms with E-state index in [-0.39, 0.29) is 10.6 Å². The van der Waals surface area contributed by atoms with Gasteiger partial charge in [0.05, 0.1) is 10.6 Å². The summed E-state index contributed by atoms with van der Waals surface area (Å²) in [6, 6.07) is 7.36. The predicted molar refractivity (Wildman–Crippen MR) is 70.0 cm³/mol. The topological polar surface area (TPSA) is 66.4 Å². The fourth-order valence-electron chi connectivity index (χ4n) is 1.56. The number of rotatable bonds is 3. The molecule has 0 aliphatic rings. The first-order chi connectivity index (χ1) is 9.29. The Balaban J connectivity index is 2.36. The summed E-state index contributed by atoms with van der Waals surface area (Å²) in [6.45, 7) is 1.80. The lowest BCUT2D eigenvalue weighted by molar-refractivity contribution is 0.396. The highest BCUT2D eigenvalue weighted by Crippen LogP contribution is 2.25. The number of phenolic OH excluding ortho intramolecular Hbond substituents is 1. The summed E-state index contributed by atoms with van der Waals surface area (Å²) in [4.78, 5) is -0.0306. The minimum absolute atomic E-state index is 0.0306. The molecular formula is C13H11F2NO3S. The molecule has 0 aromatic heterocycles. The molecule has 2 aromatic rings. The molecule has 0 saturated heterocycles. The number of sulfonamides is 1. The van der Waals surface area contributed by atoms with Crippen LogP contribution in [0.5, 0.6) is 5.75 Å². The van der Waals surface area contributed by atoms with E-state index in [2.05, 4.69) is 0 Å². The molecule has 0 aliphatic carbocycles. The number of nitrogens with one attached hydrogen (secondary N) is 1. The van der Waals surface area contributed by atoms with E-state index >= 15 is 0 Å². The van der Waals surface area contributed by atoms with E-state index in [0.717, 1.165) is 5.56 Å². The Morgan fingerprint density at radius 1 is 1.05 bits per heavy atom. The molecule has 0 unspecified atom stereocenters. The Bertz CT molecular complexity index is 720. The second-order valence-electron chi connectivity index (χ2n) is 4.21. The molecule has 0 saturated carbocycles. The summed E-state index contributed by atoms with van der Waals surface area (Å²) in [5.74, 6) is -3.64. The molecule has 2 N–H and O–H groups in total. The summed E-state index contributed by atoms with van der Waals surface area (Å²) < 4.78 is 52.3.